The number of rotatable bonds is 86. The maximum atomic E-state index is 13.3. The van der Waals surface area contributed by atoms with E-state index in [1.807, 2.05) is 0 Å². The van der Waals surface area contributed by atoms with E-state index in [2.05, 4.69) is 62.8 Å². The van der Waals surface area contributed by atoms with Crippen molar-refractivity contribution in [2.75, 3.05) is 65.9 Å². The second kappa shape index (κ2) is 78.8. The fourth-order valence-electron chi connectivity index (χ4n) is 13.2. The Balaban J connectivity index is 5.52. The second-order valence-corrected chi connectivity index (χ2v) is 33.6. The summed E-state index contributed by atoms with van der Waals surface area (Å²) in [5.74, 6) is -2.36. The summed E-state index contributed by atoms with van der Waals surface area (Å²) in [6, 6.07) is -1.64. The minimum atomic E-state index is -4.73. The molecule has 22 nitrogen and oxygen atoms in total. The highest BCUT2D eigenvalue weighted by atomic mass is 31.2. The van der Waals surface area contributed by atoms with Crippen molar-refractivity contribution in [3.63, 3.8) is 0 Å². The van der Waals surface area contributed by atoms with E-state index in [9.17, 15) is 47.7 Å². The van der Waals surface area contributed by atoms with Gasteiger partial charge in [0.25, 0.3) is 0 Å². The van der Waals surface area contributed by atoms with Crippen LogP contribution in [0.2, 0.25) is 0 Å². The van der Waals surface area contributed by atoms with Crippen LogP contribution >= 0.6 is 15.6 Å². The number of nitrogens with one attached hydrogen (secondary N) is 4. The van der Waals surface area contributed by atoms with Gasteiger partial charge in [0.2, 0.25) is 23.6 Å². The van der Waals surface area contributed by atoms with Gasteiger partial charge in [0.1, 0.15) is 18.6 Å². The lowest BCUT2D eigenvalue weighted by molar-refractivity contribution is -0.151. The molecule has 6 N–H and O–H groups in total. The van der Waals surface area contributed by atoms with E-state index in [0.29, 0.717) is 51.4 Å². The summed E-state index contributed by atoms with van der Waals surface area (Å²) in [7, 11) is -9.46. The molecule has 0 aliphatic carbocycles. The number of carbonyl (C=O) groups excluding carboxylic acids is 6. The average molecular weight is 1590 g/mol. The van der Waals surface area contributed by atoms with Crippen molar-refractivity contribution in [2.24, 2.45) is 0 Å². The zero-order valence-electron chi connectivity index (χ0n) is 70.4. The van der Waals surface area contributed by atoms with Gasteiger partial charge in [-0.2, -0.15) is 0 Å². The number of amides is 4. The summed E-state index contributed by atoms with van der Waals surface area (Å²) in [5, 5.41) is 10.7. The fourth-order valence-corrected chi connectivity index (χ4v) is 14.7. The highest BCUT2D eigenvalue weighted by Gasteiger charge is 2.27. The lowest BCUT2D eigenvalue weighted by Crippen LogP contribution is -2.41. The van der Waals surface area contributed by atoms with Crippen molar-refractivity contribution < 1.29 is 84.7 Å². The van der Waals surface area contributed by atoms with Crippen LogP contribution in [0.25, 0.3) is 0 Å². The van der Waals surface area contributed by atoms with Crippen LogP contribution in [-0.2, 0) is 74.9 Å². The molecular formula is C85H166N4O18P2. The molecule has 0 heterocycles. The second-order valence-electron chi connectivity index (χ2n) is 30.7. The topological polar surface area (TPSA) is 299 Å². The monoisotopic (exact) mass is 1590 g/mol. The van der Waals surface area contributed by atoms with E-state index < -0.39 is 72.4 Å². The van der Waals surface area contributed by atoms with Crippen molar-refractivity contribution in [3.8, 4) is 0 Å². The van der Waals surface area contributed by atoms with E-state index in [1.54, 1.807) is 0 Å². The summed E-state index contributed by atoms with van der Waals surface area (Å²) in [6.07, 6.45) is 58.9. The molecule has 24 heteroatoms. The molecule has 0 radical (unpaired) electrons. The molecule has 0 saturated heterocycles. The van der Waals surface area contributed by atoms with Crippen LogP contribution in [0, 0.1) is 0 Å². The lowest BCUT2D eigenvalue weighted by atomic mass is 10.1. The van der Waals surface area contributed by atoms with Gasteiger partial charge >= 0.3 is 27.6 Å². The van der Waals surface area contributed by atoms with Crippen molar-refractivity contribution >= 4 is 51.2 Å². The van der Waals surface area contributed by atoms with E-state index in [0.717, 1.165) is 141 Å². The number of carbonyl (C=O) groups is 6. The Morgan fingerprint density at radius 2 is 0.532 bits per heavy atom. The first kappa shape index (κ1) is 106. The maximum Gasteiger partial charge on any atom is 0.472 e. The Morgan fingerprint density at radius 1 is 0.284 bits per heavy atom. The van der Waals surface area contributed by atoms with Crippen molar-refractivity contribution in [1.82, 2.24) is 21.3 Å². The third-order valence-corrected chi connectivity index (χ3v) is 21.9. The molecule has 4 amide bonds. The van der Waals surface area contributed by atoms with Crippen LogP contribution in [0.5, 0.6) is 0 Å². The minimum Gasteiger partial charge on any atom is -0.462 e. The largest absolute Gasteiger partial charge is 0.472 e. The Labute approximate surface area is 664 Å². The van der Waals surface area contributed by atoms with Crippen molar-refractivity contribution in [1.29, 1.82) is 0 Å². The number of phosphoric ester groups is 2. The quantitative estimate of drug-likeness (QED) is 0.0143. The van der Waals surface area contributed by atoms with Gasteiger partial charge in [-0.15, -0.1) is 0 Å². The van der Waals surface area contributed by atoms with Gasteiger partial charge in [-0.3, -0.25) is 46.9 Å². The van der Waals surface area contributed by atoms with Crippen LogP contribution in [0.15, 0.2) is 0 Å². The predicted octanol–water partition coefficient (Wildman–Crippen LogP) is 21.4. The van der Waals surface area contributed by atoms with E-state index >= 15 is 0 Å². The van der Waals surface area contributed by atoms with Crippen molar-refractivity contribution in [2.45, 2.75) is 445 Å². The Hall–Kier alpha value is -3.04. The highest BCUT2D eigenvalue weighted by Crippen LogP contribution is 2.44. The Bertz CT molecular complexity index is 2080. The zero-order valence-corrected chi connectivity index (χ0v) is 72.2. The number of unbranched alkanes of at least 4 members (excludes halogenated alkanes) is 44. The molecule has 2 unspecified atom stereocenters. The smallest absolute Gasteiger partial charge is 0.462 e. The van der Waals surface area contributed by atoms with Gasteiger partial charge in [0, 0.05) is 51.6 Å². The molecule has 0 bridgehead atoms. The number of esters is 2. The molecule has 0 fully saturated rings. The molecule has 6 atom stereocenters. The van der Waals surface area contributed by atoms with Crippen LogP contribution in [0.3, 0.4) is 0 Å². The van der Waals surface area contributed by atoms with E-state index in [-0.39, 0.29) is 88.3 Å². The van der Waals surface area contributed by atoms with E-state index in [1.165, 1.54) is 167 Å². The summed E-state index contributed by atoms with van der Waals surface area (Å²) >= 11 is 0. The molecule has 0 aliphatic heterocycles. The third-order valence-electron chi connectivity index (χ3n) is 19.9. The van der Waals surface area contributed by atoms with Crippen LogP contribution < -0.4 is 21.3 Å². The number of hydrogen-bond donors (Lipinski definition) is 6. The molecule has 644 valence electrons. The lowest BCUT2D eigenvalue weighted by Gasteiger charge is -2.22. The van der Waals surface area contributed by atoms with E-state index in [4.69, 9.17) is 37.0 Å². The normalized spacial score (nSPS) is 13.8. The van der Waals surface area contributed by atoms with Gasteiger partial charge in [0.05, 0.1) is 64.9 Å². The number of phosphoric acid groups is 2. The standard InChI is InChI=1S/C85H166N4O18P2/c1-7-13-19-25-29-33-35-39-41-47-53-59-80(90)88-76(72-100-67-63-78(57-51-45-23-17-11-5)106-84(94)61-55-49-43-37-31-27-21-15-9-3)74-104-108(96,97)102-69-65-86-82(92)71-83(93)87-66-70-103-109(98,99)105-75-77(89-81(91)60-54-48-42-40-36-34-30-26-20-14-8-2)73-101-68-64-79(58-52-46-24-18-12-6)107-85(95)62-56-50-44-38-32-28-22-16-10-4/h76-79H,7-75H2,1-6H3,(H,86,92)(H,87,93)(H,88,90)(H,89,91)(H,96,97)(H,98,99)/t76-,77-,78+,79+/m0/s1. The molecular weight excluding hydrogens is 1430 g/mol. The van der Waals surface area contributed by atoms with Gasteiger partial charge in [-0.1, -0.05) is 324 Å². The Kier molecular flexibility index (Phi) is 76.6. The maximum absolute atomic E-state index is 13.3. The molecule has 0 aromatic rings. The van der Waals surface area contributed by atoms with Gasteiger partial charge in [-0.05, 0) is 51.4 Å². The third kappa shape index (κ3) is 76.0. The number of ether oxygens (including phenoxy) is 4. The molecule has 0 aliphatic rings. The molecule has 109 heavy (non-hydrogen) atoms. The predicted molar refractivity (Wildman–Crippen MR) is 441 cm³/mol. The van der Waals surface area contributed by atoms with Crippen LogP contribution in [0.1, 0.15) is 420 Å². The Morgan fingerprint density at radius 3 is 0.807 bits per heavy atom. The zero-order chi connectivity index (χ0) is 80.0. The summed E-state index contributed by atoms with van der Waals surface area (Å²) in [5.41, 5.74) is 0. The first-order valence-corrected chi connectivity index (χ1v) is 47.8. The molecule has 0 aromatic carbocycles. The van der Waals surface area contributed by atoms with Crippen LogP contribution in [0.4, 0.5) is 0 Å². The summed E-state index contributed by atoms with van der Waals surface area (Å²) in [4.78, 5) is 99.5. The molecule has 0 rings (SSSR count). The first-order chi connectivity index (χ1) is 52.9. The van der Waals surface area contributed by atoms with Gasteiger partial charge < -0.3 is 50.0 Å². The minimum absolute atomic E-state index is 0.0448. The average Bonchev–Trinajstić information content (AvgIpc) is 0.927. The van der Waals surface area contributed by atoms with Crippen molar-refractivity contribution in [3.05, 3.63) is 0 Å². The van der Waals surface area contributed by atoms with Gasteiger partial charge in [-0.25, -0.2) is 9.13 Å². The SMILES string of the molecule is CCCCCCCCCCCCCC(=O)N[C@@H](COCC[C@@H](CCCCCCC)OC(=O)CCCCCCCCCCC)COP(=O)(O)OCCNC(=O)CC(=O)NCCOP(=O)(O)OC[C@H](COCC[C@@H](CCCCCCC)OC(=O)CCCCCCCCCCC)NC(=O)CCCCCCCCCCCCC. The van der Waals surface area contributed by atoms with Crippen LogP contribution in [-0.4, -0.2) is 136 Å². The first-order valence-electron chi connectivity index (χ1n) is 44.8. The summed E-state index contributed by atoms with van der Waals surface area (Å²) in [6.45, 7) is 11.3. The highest BCUT2D eigenvalue weighted by molar-refractivity contribution is 7.47. The van der Waals surface area contributed by atoms with Gasteiger partial charge in [0.15, 0.2) is 0 Å². The molecule has 0 saturated carbocycles. The molecule has 0 aromatic heterocycles. The molecule has 0 spiro atoms. The number of hydrogen-bond acceptors (Lipinski definition) is 16. The fraction of sp³-hybridized carbons (Fsp3) is 0.929. The summed E-state index contributed by atoms with van der Waals surface area (Å²) < 4.78 is 71.5.